The molecular formula is C12H13N3O3. The van der Waals surface area contributed by atoms with Gasteiger partial charge in [0.05, 0.1) is 12.5 Å². The SMILES string of the molecule is Nc1ccc(=O)n(CC(=O)NCc2ccoc2)c1. The summed E-state index contributed by atoms with van der Waals surface area (Å²) in [5, 5.41) is 2.68. The minimum Gasteiger partial charge on any atom is -0.472 e. The summed E-state index contributed by atoms with van der Waals surface area (Å²) < 4.78 is 6.14. The number of amides is 1. The third kappa shape index (κ3) is 3.00. The smallest absolute Gasteiger partial charge is 0.251 e. The molecule has 0 unspecified atom stereocenters. The van der Waals surface area contributed by atoms with Crippen molar-refractivity contribution in [3.63, 3.8) is 0 Å². The van der Waals surface area contributed by atoms with E-state index in [0.717, 1.165) is 5.56 Å². The van der Waals surface area contributed by atoms with Crippen LogP contribution in [-0.2, 0) is 17.9 Å². The molecule has 0 radical (unpaired) electrons. The van der Waals surface area contributed by atoms with Crippen molar-refractivity contribution in [2.24, 2.45) is 0 Å². The second-order valence-corrected chi connectivity index (χ2v) is 3.84. The lowest BCUT2D eigenvalue weighted by molar-refractivity contribution is -0.121. The minimum absolute atomic E-state index is 0.0538. The molecule has 2 rings (SSSR count). The van der Waals surface area contributed by atoms with E-state index in [2.05, 4.69) is 5.32 Å². The molecule has 2 aromatic heterocycles. The van der Waals surface area contributed by atoms with Gasteiger partial charge < -0.3 is 20.0 Å². The van der Waals surface area contributed by atoms with Gasteiger partial charge in [-0.05, 0) is 12.1 Å². The minimum atomic E-state index is -0.261. The van der Waals surface area contributed by atoms with E-state index in [-0.39, 0.29) is 18.0 Å². The van der Waals surface area contributed by atoms with Gasteiger partial charge in [-0.3, -0.25) is 9.59 Å². The average Bonchev–Trinajstić information content (AvgIpc) is 2.84. The van der Waals surface area contributed by atoms with Crippen LogP contribution in [0.2, 0.25) is 0 Å². The standard InChI is InChI=1S/C12H13N3O3/c13-10-1-2-12(17)15(6-10)7-11(16)14-5-9-3-4-18-8-9/h1-4,6,8H,5,7,13H2,(H,14,16). The highest BCUT2D eigenvalue weighted by Gasteiger charge is 2.05. The van der Waals surface area contributed by atoms with Gasteiger partial charge in [0, 0.05) is 30.1 Å². The lowest BCUT2D eigenvalue weighted by atomic mass is 10.3. The van der Waals surface area contributed by atoms with Gasteiger partial charge in [0.2, 0.25) is 5.91 Å². The van der Waals surface area contributed by atoms with Crippen LogP contribution in [0.15, 0.2) is 46.1 Å². The zero-order valence-corrected chi connectivity index (χ0v) is 9.63. The Balaban J connectivity index is 1.95. The summed E-state index contributed by atoms with van der Waals surface area (Å²) in [6.45, 7) is 0.314. The zero-order chi connectivity index (χ0) is 13.0. The number of anilines is 1. The molecule has 6 nitrogen and oxygen atoms in total. The van der Waals surface area contributed by atoms with Gasteiger partial charge in [0.1, 0.15) is 6.54 Å². The molecule has 0 aliphatic rings. The number of carbonyl (C=O) groups is 1. The molecule has 0 saturated heterocycles. The summed E-state index contributed by atoms with van der Waals surface area (Å²) in [5.41, 5.74) is 6.60. The summed E-state index contributed by atoms with van der Waals surface area (Å²) in [6, 6.07) is 4.59. The van der Waals surface area contributed by atoms with Gasteiger partial charge in [-0.15, -0.1) is 0 Å². The Morgan fingerprint density at radius 1 is 1.39 bits per heavy atom. The van der Waals surface area contributed by atoms with E-state index in [1.165, 1.54) is 29.2 Å². The van der Waals surface area contributed by atoms with Crippen molar-refractivity contribution in [3.8, 4) is 0 Å². The zero-order valence-electron chi connectivity index (χ0n) is 9.63. The Kier molecular flexibility index (Phi) is 3.47. The predicted octanol–water partition coefficient (Wildman–Crippen LogP) is 0.340. The summed E-state index contributed by atoms with van der Waals surface area (Å²) in [4.78, 5) is 23.1. The molecule has 0 aliphatic heterocycles. The van der Waals surface area contributed by atoms with Crippen molar-refractivity contribution in [1.29, 1.82) is 0 Å². The van der Waals surface area contributed by atoms with E-state index in [0.29, 0.717) is 12.2 Å². The number of nitrogens with zero attached hydrogens (tertiary/aromatic N) is 1. The fourth-order valence-electron chi connectivity index (χ4n) is 1.48. The van der Waals surface area contributed by atoms with Crippen LogP contribution in [0.4, 0.5) is 5.69 Å². The largest absolute Gasteiger partial charge is 0.472 e. The second-order valence-electron chi connectivity index (χ2n) is 3.84. The monoisotopic (exact) mass is 247 g/mol. The highest BCUT2D eigenvalue weighted by Crippen LogP contribution is 1.99. The molecular weight excluding hydrogens is 234 g/mol. The lowest BCUT2D eigenvalue weighted by Gasteiger charge is -2.06. The summed E-state index contributed by atoms with van der Waals surface area (Å²) in [7, 11) is 0. The first-order valence-corrected chi connectivity index (χ1v) is 5.39. The topological polar surface area (TPSA) is 90.3 Å². The van der Waals surface area contributed by atoms with Gasteiger partial charge in [-0.1, -0.05) is 0 Å². The maximum Gasteiger partial charge on any atom is 0.251 e. The van der Waals surface area contributed by atoms with Gasteiger partial charge in [-0.25, -0.2) is 0 Å². The Morgan fingerprint density at radius 3 is 2.94 bits per heavy atom. The van der Waals surface area contributed by atoms with Crippen LogP contribution in [0.1, 0.15) is 5.56 Å². The molecule has 0 bridgehead atoms. The normalized spacial score (nSPS) is 10.2. The van der Waals surface area contributed by atoms with E-state index in [1.54, 1.807) is 12.3 Å². The van der Waals surface area contributed by atoms with Crippen molar-refractivity contribution in [1.82, 2.24) is 9.88 Å². The number of nitrogens with two attached hydrogens (primary N) is 1. The van der Waals surface area contributed by atoms with Gasteiger partial charge >= 0.3 is 0 Å². The number of nitrogen functional groups attached to an aromatic ring is 1. The molecule has 6 heteroatoms. The number of nitrogens with one attached hydrogen (secondary N) is 1. The lowest BCUT2D eigenvalue weighted by Crippen LogP contribution is -2.31. The van der Waals surface area contributed by atoms with Gasteiger partial charge in [0.15, 0.2) is 0 Å². The number of hydrogen-bond donors (Lipinski definition) is 2. The molecule has 0 spiro atoms. The van der Waals surface area contributed by atoms with E-state index in [1.807, 2.05) is 0 Å². The van der Waals surface area contributed by atoms with Crippen LogP contribution in [0, 0.1) is 0 Å². The highest BCUT2D eigenvalue weighted by atomic mass is 16.3. The number of carbonyl (C=O) groups excluding carboxylic acids is 1. The molecule has 3 N–H and O–H groups in total. The fraction of sp³-hybridized carbons (Fsp3) is 0.167. The summed E-state index contributed by atoms with van der Waals surface area (Å²) >= 11 is 0. The Bertz CT molecular complexity index is 587. The van der Waals surface area contributed by atoms with Gasteiger partial charge in [-0.2, -0.15) is 0 Å². The third-order valence-corrected chi connectivity index (χ3v) is 2.39. The average molecular weight is 247 g/mol. The van der Waals surface area contributed by atoms with Crippen molar-refractivity contribution < 1.29 is 9.21 Å². The van der Waals surface area contributed by atoms with Crippen LogP contribution < -0.4 is 16.6 Å². The van der Waals surface area contributed by atoms with E-state index < -0.39 is 0 Å². The first kappa shape index (κ1) is 12.0. The first-order chi connectivity index (χ1) is 8.65. The molecule has 0 aromatic carbocycles. The third-order valence-electron chi connectivity index (χ3n) is 2.39. The Morgan fingerprint density at radius 2 is 2.22 bits per heavy atom. The Hall–Kier alpha value is -2.50. The number of furan rings is 1. The second kappa shape index (κ2) is 5.22. The van der Waals surface area contributed by atoms with Crippen molar-refractivity contribution in [2.45, 2.75) is 13.1 Å². The van der Waals surface area contributed by atoms with Gasteiger partial charge in [0.25, 0.3) is 5.56 Å². The van der Waals surface area contributed by atoms with E-state index >= 15 is 0 Å². The first-order valence-electron chi connectivity index (χ1n) is 5.39. The van der Waals surface area contributed by atoms with E-state index in [9.17, 15) is 9.59 Å². The predicted molar refractivity (Wildman–Crippen MR) is 65.7 cm³/mol. The van der Waals surface area contributed by atoms with Crippen LogP contribution in [0.3, 0.4) is 0 Å². The Labute approximate surface area is 103 Å². The van der Waals surface area contributed by atoms with Crippen LogP contribution in [0.25, 0.3) is 0 Å². The van der Waals surface area contributed by atoms with E-state index in [4.69, 9.17) is 10.2 Å². The maximum atomic E-state index is 11.6. The molecule has 18 heavy (non-hydrogen) atoms. The summed E-state index contributed by atoms with van der Waals surface area (Å²) in [6.07, 6.45) is 4.52. The molecule has 1 amide bonds. The number of pyridine rings is 1. The van der Waals surface area contributed by atoms with Crippen molar-refractivity contribution in [2.75, 3.05) is 5.73 Å². The maximum absolute atomic E-state index is 11.6. The van der Waals surface area contributed by atoms with Crippen molar-refractivity contribution in [3.05, 3.63) is 52.8 Å². The molecule has 2 heterocycles. The molecule has 2 aromatic rings. The number of aromatic nitrogens is 1. The molecule has 0 atom stereocenters. The molecule has 0 saturated carbocycles. The van der Waals surface area contributed by atoms with Crippen molar-refractivity contribution >= 4 is 11.6 Å². The fourth-order valence-corrected chi connectivity index (χ4v) is 1.48. The number of hydrogen-bond acceptors (Lipinski definition) is 4. The van der Waals surface area contributed by atoms with Crippen LogP contribution in [-0.4, -0.2) is 10.5 Å². The number of rotatable bonds is 4. The summed E-state index contributed by atoms with van der Waals surface area (Å²) in [5.74, 6) is -0.260. The highest BCUT2D eigenvalue weighted by molar-refractivity contribution is 5.75. The van der Waals surface area contributed by atoms with Crippen LogP contribution >= 0.6 is 0 Å². The molecule has 0 fully saturated rings. The molecule has 0 aliphatic carbocycles. The molecule has 94 valence electrons. The van der Waals surface area contributed by atoms with Crippen LogP contribution in [0.5, 0.6) is 0 Å². The quantitative estimate of drug-likeness (QED) is 0.815.